The second kappa shape index (κ2) is 7.92. The molecule has 0 saturated carbocycles. The lowest BCUT2D eigenvalue weighted by Gasteiger charge is -2.11. The second-order valence-electron chi connectivity index (χ2n) is 7.44. The number of hydrogen-bond donors (Lipinski definition) is 1. The van der Waals surface area contributed by atoms with Gasteiger partial charge in [0.1, 0.15) is 0 Å². The Hall–Kier alpha value is -3.18. The first kappa shape index (κ1) is 20.1. The minimum absolute atomic E-state index is 0.213. The van der Waals surface area contributed by atoms with Gasteiger partial charge in [-0.2, -0.15) is 5.10 Å². The molecule has 0 aliphatic heterocycles. The molecule has 0 aliphatic carbocycles. The number of halogens is 1. The van der Waals surface area contributed by atoms with E-state index in [9.17, 15) is 4.79 Å². The number of hydrogen-bond acceptors (Lipinski definition) is 3. The monoisotopic (exact) mass is 418 g/mol. The summed E-state index contributed by atoms with van der Waals surface area (Å²) in [6.07, 6.45) is 0. The average molecular weight is 419 g/mol. The van der Waals surface area contributed by atoms with Crippen LogP contribution in [0.3, 0.4) is 0 Å². The van der Waals surface area contributed by atoms with Gasteiger partial charge in [0.2, 0.25) is 0 Å². The van der Waals surface area contributed by atoms with Gasteiger partial charge in [-0.1, -0.05) is 47.5 Å². The van der Waals surface area contributed by atoms with E-state index in [0.29, 0.717) is 28.5 Å². The van der Waals surface area contributed by atoms with Crippen LogP contribution in [0.4, 0.5) is 5.69 Å². The number of benzene rings is 2. The van der Waals surface area contributed by atoms with Crippen LogP contribution in [0.5, 0.6) is 0 Å². The van der Waals surface area contributed by atoms with E-state index in [4.69, 9.17) is 16.6 Å². The Morgan fingerprint density at radius 2 is 1.80 bits per heavy atom. The van der Waals surface area contributed by atoms with Gasteiger partial charge < -0.3 is 5.32 Å². The normalized spacial score (nSPS) is 11.1. The smallest absolute Gasteiger partial charge is 0.256 e. The lowest BCUT2D eigenvalue weighted by atomic mass is 10.0. The highest BCUT2D eigenvalue weighted by atomic mass is 35.5. The summed E-state index contributed by atoms with van der Waals surface area (Å²) >= 11 is 6.23. The lowest BCUT2D eigenvalue weighted by Crippen LogP contribution is -2.13. The van der Waals surface area contributed by atoms with Crippen molar-refractivity contribution in [2.24, 2.45) is 0 Å². The predicted molar refractivity (Wildman–Crippen MR) is 122 cm³/mol. The number of anilines is 1. The Morgan fingerprint density at radius 3 is 2.47 bits per heavy atom. The fraction of sp³-hybridized carbons (Fsp3) is 0.208. The first-order chi connectivity index (χ1) is 14.4. The third-order valence-electron chi connectivity index (χ3n) is 5.20. The molecule has 2 aromatic carbocycles. The molecule has 5 nitrogen and oxygen atoms in total. The number of aryl methyl sites for hydroxylation is 4. The second-order valence-corrected chi connectivity index (χ2v) is 7.85. The zero-order chi connectivity index (χ0) is 21.4. The number of amides is 1. The van der Waals surface area contributed by atoms with Crippen molar-refractivity contribution in [2.45, 2.75) is 34.2 Å². The van der Waals surface area contributed by atoms with Crippen LogP contribution in [0.15, 0.2) is 48.5 Å². The number of fused-ring (bicyclic) bond motifs is 1. The van der Waals surface area contributed by atoms with Crippen molar-refractivity contribution in [3.63, 3.8) is 0 Å². The molecule has 0 aliphatic rings. The molecule has 4 aromatic rings. The molecule has 0 radical (unpaired) electrons. The molecule has 0 bridgehead atoms. The van der Waals surface area contributed by atoms with Gasteiger partial charge in [-0.15, -0.1) is 0 Å². The molecule has 30 heavy (non-hydrogen) atoms. The molecule has 6 heteroatoms. The summed E-state index contributed by atoms with van der Waals surface area (Å²) in [6.45, 7) is 8.56. The van der Waals surface area contributed by atoms with Gasteiger partial charge in [0.05, 0.1) is 22.3 Å². The summed E-state index contributed by atoms with van der Waals surface area (Å²) in [7, 11) is 0. The molecule has 0 unspecified atom stereocenters. The molecular weight excluding hydrogens is 396 g/mol. The standard InChI is InChI=1S/C24H23ClN4O/c1-5-29-23-22(16(4)28-29)19(13-21(27-23)17-9-6-14(2)7-10-17)24(30)26-18-11-8-15(3)20(25)12-18/h6-13H,5H2,1-4H3,(H,26,30). The van der Waals surface area contributed by atoms with Crippen molar-refractivity contribution in [3.05, 3.63) is 75.9 Å². The third-order valence-corrected chi connectivity index (χ3v) is 5.61. The van der Waals surface area contributed by atoms with Crippen LogP contribution in [0.2, 0.25) is 5.02 Å². The topological polar surface area (TPSA) is 59.8 Å². The predicted octanol–water partition coefficient (Wildman–Crippen LogP) is 5.95. The van der Waals surface area contributed by atoms with E-state index < -0.39 is 0 Å². The van der Waals surface area contributed by atoms with Crippen LogP contribution in [0.1, 0.15) is 34.1 Å². The van der Waals surface area contributed by atoms with Crippen molar-refractivity contribution in [1.82, 2.24) is 14.8 Å². The van der Waals surface area contributed by atoms with Gasteiger partial charge in [0.15, 0.2) is 5.65 Å². The fourth-order valence-corrected chi connectivity index (χ4v) is 3.67. The highest BCUT2D eigenvalue weighted by molar-refractivity contribution is 6.31. The Labute approximate surface area is 180 Å². The molecule has 0 fully saturated rings. The van der Waals surface area contributed by atoms with E-state index in [1.54, 1.807) is 6.07 Å². The van der Waals surface area contributed by atoms with E-state index >= 15 is 0 Å². The first-order valence-corrected chi connectivity index (χ1v) is 10.3. The van der Waals surface area contributed by atoms with Crippen LogP contribution in [-0.4, -0.2) is 20.7 Å². The SMILES string of the molecule is CCn1nc(C)c2c(C(=O)Nc3ccc(C)c(Cl)c3)cc(-c3ccc(C)cc3)nc21. The molecular formula is C24H23ClN4O. The zero-order valence-electron chi connectivity index (χ0n) is 17.5. The maximum absolute atomic E-state index is 13.3. The van der Waals surface area contributed by atoms with Crippen molar-refractivity contribution in [2.75, 3.05) is 5.32 Å². The maximum atomic E-state index is 13.3. The van der Waals surface area contributed by atoms with Crippen LogP contribution in [-0.2, 0) is 6.54 Å². The highest BCUT2D eigenvalue weighted by Gasteiger charge is 2.20. The number of nitrogens with one attached hydrogen (secondary N) is 1. The lowest BCUT2D eigenvalue weighted by molar-refractivity contribution is 0.102. The van der Waals surface area contributed by atoms with E-state index in [0.717, 1.165) is 27.9 Å². The summed E-state index contributed by atoms with van der Waals surface area (Å²) in [6, 6.07) is 15.5. The number of rotatable bonds is 4. The van der Waals surface area contributed by atoms with Crippen molar-refractivity contribution >= 4 is 34.2 Å². The van der Waals surface area contributed by atoms with Crippen LogP contribution >= 0.6 is 11.6 Å². The van der Waals surface area contributed by atoms with Gasteiger partial charge in [0, 0.05) is 22.8 Å². The van der Waals surface area contributed by atoms with Gasteiger partial charge in [-0.3, -0.25) is 4.79 Å². The number of carbonyl (C=O) groups is 1. The molecule has 2 aromatic heterocycles. The minimum atomic E-state index is -0.213. The number of nitrogens with zero attached hydrogens (tertiary/aromatic N) is 3. The molecule has 2 heterocycles. The fourth-order valence-electron chi connectivity index (χ4n) is 3.49. The maximum Gasteiger partial charge on any atom is 0.256 e. The first-order valence-electron chi connectivity index (χ1n) is 9.90. The number of pyridine rings is 1. The summed E-state index contributed by atoms with van der Waals surface area (Å²) in [5.74, 6) is -0.213. The molecule has 4 rings (SSSR count). The van der Waals surface area contributed by atoms with Crippen molar-refractivity contribution < 1.29 is 4.79 Å². The zero-order valence-corrected chi connectivity index (χ0v) is 18.2. The molecule has 0 atom stereocenters. The Kier molecular flexibility index (Phi) is 5.31. The summed E-state index contributed by atoms with van der Waals surface area (Å²) in [5.41, 5.74) is 6.51. The van der Waals surface area contributed by atoms with Crippen molar-refractivity contribution in [3.8, 4) is 11.3 Å². The summed E-state index contributed by atoms with van der Waals surface area (Å²) < 4.78 is 1.84. The van der Waals surface area contributed by atoms with E-state index in [-0.39, 0.29) is 5.91 Å². The van der Waals surface area contributed by atoms with Crippen LogP contribution in [0.25, 0.3) is 22.3 Å². The van der Waals surface area contributed by atoms with Gasteiger partial charge in [-0.25, -0.2) is 9.67 Å². The number of carbonyl (C=O) groups excluding carboxylic acids is 1. The molecule has 1 N–H and O–H groups in total. The Bertz CT molecular complexity index is 1260. The summed E-state index contributed by atoms with van der Waals surface area (Å²) in [4.78, 5) is 18.1. The van der Waals surface area contributed by atoms with Gasteiger partial charge in [0.25, 0.3) is 5.91 Å². The number of aromatic nitrogens is 3. The quantitative estimate of drug-likeness (QED) is 0.445. The molecule has 0 saturated heterocycles. The molecule has 152 valence electrons. The largest absolute Gasteiger partial charge is 0.322 e. The third kappa shape index (κ3) is 3.68. The van der Waals surface area contributed by atoms with E-state index in [1.807, 2.05) is 74.8 Å². The molecule has 0 spiro atoms. The molecule has 1 amide bonds. The highest BCUT2D eigenvalue weighted by Crippen LogP contribution is 2.29. The summed E-state index contributed by atoms with van der Waals surface area (Å²) in [5, 5.41) is 8.94. The van der Waals surface area contributed by atoms with E-state index in [1.165, 1.54) is 5.56 Å². The van der Waals surface area contributed by atoms with Crippen molar-refractivity contribution in [1.29, 1.82) is 0 Å². The Morgan fingerprint density at radius 1 is 1.07 bits per heavy atom. The minimum Gasteiger partial charge on any atom is -0.322 e. The van der Waals surface area contributed by atoms with E-state index in [2.05, 4.69) is 10.4 Å². The van der Waals surface area contributed by atoms with Crippen LogP contribution in [0, 0.1) is 20.8 Å². The van der Waals surface area contributed by atoms with Gasteiger partial charge >= 0.3 is 0 Å². The van der Waals surface area contributed by atoms with Gasteiger partial charge in [-0.05, 0) is 51.5 Å². The van der Waals surface area contributed by atoms with Crippen LogP contribution < -0.4 is 5.32 Å². The Balaban J connectivity index is 1.86. The average Bonchev–Trinajstić information content (AvgIpc) is 3.06.